The number of amides is 2. The van der Waals surface area contributed by atoms with Gasteiger partial charge in [-0.15, -0.1) is 11.3 Å². The molecule has 5 aromatic rings. The van der Waals surface area contributed by atoms with Crippen molar-refractivity contribution < 1.29 is 24.5 Å². The van der Waals surface area contributed by atoms with Crippen molar-refractivity contribution in [3.05, 3.63) is 89.5 Å². The Kier molecular flexibility index (Phi) is 7.26. The number of nitrogens with zero attached hydrogens (tertiary/aromatic N) is 4. The van der Waals surface area contributed by atoms with Crippen LogP contribution in [0.5, 0.6) is 5.75 Å². The largest absolute Gasteiger partial charge is 0.496 e. The zero-order valence-corrected chi connectivity index (χ0v) is 24.5. The van der Waals surface area contributed by atoms with Crippen LogP contribution >= 0.6 is 11.3 Å². The molecule has 0 saturated heterocycles. The van der Waals surface area contributed by atoms with Crippen molar-refractivity contribution in [2.45, 2.75) is 19.5 Å². The zero-order chi connectivity index (χ0) is 30.4. The van der Waals surface area contributed by atoms with Gasteiger partial charge in [-0.05, 0) is 42.6 Å². The zero-order valence-electron chi connectivity index (χ0n) is 23.6. The van der Waals surface area contributed by atoms with Crippen molar-refractivity contribution in [1.82, 2.24) is 25.0 Å². The number of nitrogens with one attached hydrogen (secondary N) is 1. The number of carbonyl (C=O) groups excluding carboxylic acids is 2. The van der Waals surface area contributed by atoms with Crippen LogP contribution < -0.4 is 10.1 Å². The normalized spacial score (nSPS) is 14.4. The van der Waals surface area contributed by atoms with E-state index in [0.29, 0.717) is 46.0 Å². The average Bonchev–Trinajstić information content (AvgIpc) is 3.68. The van der Waals surface area contributed by atoms with Crippen LogP contribution in [0, 0.1) is 11.6 Å². The monoisotopic (exact) mass is 601 g/mol. The minimum Gasteiger partial charge on any atom is -0.496 e. The van der Waals surface area contributed by atoms with Crippen LogP contribution in [0.1, 0.15) is 30.4 Å². The molecular formula is C32H29F2N5O3S. The van der Waals surface area contributed by atoms with Gasteiger partial charge >= 0.3 is 0 Å². The summed E-state index contributed by atoms with van der Waals surface area (Å²) in [6, 6.07) is 12.5. The number of halogens is 2. The fourth-order valence-electron chi connectivity index (χ4n) is 5.58. The molecule has 0 fully saturated rings. The maximum Gasteiger partial charge on any atom is 0.251 e. The first-order valence-corrected chi connectivity index (χ1v) is 14.4. The van der Waals surface area contributed by atoms with Crippen LogP contribution in [-0.4, -0.2) is 52.2 Å². The average molecular weight is 602 g/mol. The highest BCUT2D eigenvalue weighted by molar-refractivity contribution is 7.18. The fraction of sp³-hybridized carbons (Fsp3) is 0.188. The molecule has 3 aromatic heterocycles. The molecule has 0 radical (unpaired) electrons. The second-order valence-corrected chi connectivity index (χ2v) is 11.0. The number of hydrogen-bond acceptors (Lipinski definition) is 6. The lowest BCUT2D eigenvalue weighted by atomic mass is 9.96. The summed E-state index contributed by atoms with van der Waals surface area (Å²) in [5.41, 5.74) is 3.98. The maximum atomic E-state index is 15.7. The molecule has 6 rings (SSSR count). The van der Waals surface area contributed by atoms with Gasteiger partial charge in [-0.3, -0.25) is 14.3 Å². The third-order valence-corrected chi connectivity index (χ3v) is 8.64. The van der Waals surface area contributed by atoms with Crippen molar-refractivity contribution >= 4 is 33.2 Å². The number of fused-ring (bicyclic) bond motifs is 2. The molecule has 220 valence electrons. The van der Waals surface area contributed by atoms with E-state index >= 15 is 4.39 Å². The highest BCUT2D eigenvalue weighted by atomic mass is 32.1. The summed E-state index contributed by atoms with van der Waals surface area (Å²) in [5.74, 6) is -1.92. The van der Waals surface area contributed by atoms with Gasteiger partial charge in [0.15, 0.2) is 0 Å². The molecule has 1 aliphatic heterocycles. The third-order valence-electron chi connectivity index (χ3n) is 7.70. The number of aromatic nitrogens is 3. The van der Waals surface area contributed by atoms with E-state index in [-0.39, 0.29) is 30.6 Å². The van der Waals surface area contributed by atoms with Gasteiger partial charge in [0.25, 0.3) is 5.91 Å². The number of pyridine rings is 1. The molecule has 2 amide bonds. The van der Waals surface area contributed by atoms with E-state index in [0.717, 1.165) is 28.8 Å². The van der Waals surface area contributed by atoms with Crippen molar-refractivity contribution in [2.24, 2.45) is 0 Å². The number of benzene rings is 2. The molecule has 0 bridgehead atoms. The van der Waals surface area contributed by atoms with Crippen molar-refractivity contribution in [2.75, 3.05) is 20.7 Å². The lowest BCUT2D eigenvalue weighted by Crippen LogP contribution is -2.40. The first kappa shape index (κ1) is 28.2. The van der Waals surface area contributed by atoms with E-state index in [2.05, 4.69) is 11.9 Å². The van der Waals surface area contributed by atoms with Gasteiger partial charge < -0.3 is 15.0 Å². The minimum absolute atomic E-state index is 0. The molecular weight excluding hydrogens is 572 g/mol. The Morgan fingerprint density at radius 1 is 1.12 bits per heavy atom. The summed E-state index contributed by atoms with van der Waals surface area (Å²) >= 11 is 1.39. The Bertz CT molecular complexity index is 1920. The molecule has 1 atom stereocenters. The van der Waals surface area contributed by atoms with Crippen LogP contribution in [0.25, 0.3) is 43.9 Å². The van der Waals surface area contributed by atoms with Crippen molar-refractivity contribution in [3.8, 4) is 39.5 Å². The molecule has 43 heavy (non-hydrogen) atoms. The van der Waals surface area contributed by atoms with E-state index in [4.69, 9.17) is 14.8 Å². The quantitative estimate of drug-likeness (QED) is 0.225. The molecule has 4 heterocycles. The Hall–Kier alpha value is -4.90. The van der Waals surface area contributed by atoms with E-state index in [9.17, 15) is 14.0 Å². The standard InChI is InChI=1S/C32H27F2N5O3S.H2/c1-5-26(40)38-11-12-39-24(17(38)2)16-23(37-39)30-28(27-22(34)14-20(33)15-25(27)42-4)31-21(10-13-43-31)29(36-30)18-6-8-19(9-7-18)32(41)35-3;/h5-10,13-17H,1,11-12H2,2-4H3,(H,35,41);1H. The Morgan fingerprint density at radius 3 is 2.58 bits per heavy atom. The van der Waals surface area contributed by atoms with Crippen LogP contribution in [0.3, 0.4) is 0 Å². The first-order chi connectivity index (χ1) is 20.7. The smallest absolute Gasteiger partial charge is 0.251 e. The highest BCUT2D eigenvalue weighted by Gasteiger charge is 2.31. The topological polar surface area (TPSA) is 89.4 Å². The summed E-state index contributed by atoms with van der Waals surface area (Å²) in [4.78, 5) is 31.4. The van der Waals surface area contributed by atoms with Crippen LogP contribution in [0.15, 0.2) is 66.6 Å². The number of carbonyl (C=O) groups is 2. The molecule has 0 spiro atoms. The number of thiophene rings is 1. The van der Waals surface area contributed by atoms with Crippen molar-refractivity contribution in [1.29, 1.82) is 0 Å². The van der Waals surface area contributed by atoms with E-state index < -0.39 is 11.6 Å². The summed E-state index contributed by atoms with van der Waals surface area (Å²) < 4.78 is 38.0. The van der Waals surface area contributed by atoms with Gasteiger partial charge in [-0.2, -0.15) is 5.10 Å². The van der Waals surface area contributed by atoms with Crippen LogP contribution in [0.2, 0.25) is 0 Å². The molecule has 8 nitrogen and oxygen atoms in total. The van der Waals surface area contributed by atoms with E-state index in [1.165, 1.54) is 24.5 Å². The first-order valence-electron chi connectivity index (χ1n) is 13.5. The lowest BCUT2D eigenvalue weighted by Gasteiger charge is -2.33. The summed E-state index contributed by atoms with van der Waals surface area (Å²) in [7, 11) is 2.93. The molecule has 0 aliphatic carbocycles. The lowest BCUT2D eigenvalue weighted by molar-refractivity contribution is -0.129. The number of ether oxygens (including phenoxy) is 1. The summed E-state index contributed by atoms with van der Waals surface area (Å²) in [5, 5.41) is 10.1. The van der Waals surface area contributed by atoms with Crippen LogP contribution in [0.4, 0.5) is 8.78 Å². The minimum atomic E-state index is -0.794. The molecule has 0 saturated carbocycles. The Morgan fingerprint density at radius 2 is 1.88 bits per heavy atom. The number of methoxy groups -OCH3 is 1. The fourth-order valence-corrected chi connectivity index (χ4v) is 6.52. The van der Waals surface area contributed by atoms with Gasteiger partial charge in [0.05, 0.1) is 36.6 Å². The molecule has 1 aliphatic rings. The predicted molar refractivity (Wildman–Crippen MR) is 164 cm³/mol. The Balaban J connectivity index is 0.00000384. The molecule has 1 N–H and O–H groups in total. The second-order valence-electron chi connectivity index (χ2n) is 10.1. The number of rotatable bonds is 6. The van der Waals surface area contributed by atoms with Gasteiger partial charge in [-0.25, -0.2) is 13.8 Å². The SMILES string of the molecule is C=CC(=O)N1CCn2nc(-c3nc(-c4ccc(C(=O)NC)cc4)c4ccsc4c3-c3c(F)cc(F)cc3OC)cc2C1C.[HH]. The van der Waals surface area contributed by atoms with Crippen LogP contribution in [-0.2, 0) is 11.3 Å². The van der Waals surface area contributed by atoms with E-state index in [1.807, 2.05) is 41.3 Å². The molecule has 11 heteroatoms. The van der Waals surface area contributed by atoms with Crippen molar-refractivity contribution in [3.63, 3.8) is 0 Å². The molecule has 1 unspecified atom stereocenters. The van der Waals surface area contributed by atoms with E-state index in [1.54, 1.807) is 24.1 Å². The van der Waals surface area contributed by atoms with Gasteiger partial charge in [0.1, 0.15) is 28.8 Å². The maximum absolute atomic E-state index is 15.7. The highest BCUT2D eigenvalue weighted by Crippen LogP contribution is 2.47. The summed E-state index contributed by atoms with van der Waals surface area (Å²) in [6.45, 7) is 6.44. The Labute approximate surface area is 251 Å². The predicted octanol–water partition coefficient (Wildman–Crippen LogP) is 6.48. The van der Waals surface area contributed by atoms with Gasteiger partial charge in [-0.1, -0.05) is 18.7 Å². The third kappa shape index (κ3) is 4.75. The van der Waals surface area contributed by atoms with Gasteiger partial charge in [0.2, 0.25) is 5.91 Å². The number of hydrogen-bond donors (Lipinski definition) is 1. The second kappa shape index (κ2) is 11.1. The van der Waals surface area contributed by atoms with Gasteiger partial charge in [0, 0.05) is 53.9 Å². The molecule has 2 aromatic carbocycles. The summed E-state index contributed by atoms with van der Waals surface area (Å²) in [6.07, 6.45) is 1.29.